The minimum atomic E-state index is -0.455. The fourth-order valence-electron chi connectivity index (χ4n) is 2.06. The molecule has 0 aromatic carbocycles. The van der Waals surface area contributed by atoms with E-state index >= 15 is 0 Å². The first kappa shape index (κ1) is 14.3. The number of nitrogens with zero attached hydrogens (tertiary/aromatic N) is 1. The summed E-state index contributed by atoms with van der Waals surface area (Å²) in [6, 6.07) is 0. The van der Waals surface area contributed by atoms with Crippen LogP contribution < -0.4 is 0 Å². The second-order valence-corrected chi connectivity index (χ2v) is 5.92. The second kappa shape index (κ2) is 5.71. The van der Waals surface area contributed by atoms with E-state index in [0.29, 0.717) is 6.54 Å². The molecule has 100 valence electrons. The van der Waals surface area contributed by atoms with E-state index < -0.39 is 5.60 Å². The van der Waals surface area contributed by atoms with Crippen LogP contribution in [0.25, 0.3) is 0 Å². The maximum atomic E-state index is 12.0. The van der Waals surface area contributed by atoms with Crippen molar-refractivity contribution in [2.24, 2.45) is 5.92 Å². The van der Waals surface area contributed by atoms with Gasteiger partial charge < -0.3 is 14.7 Å². The SMILES string of the molecule is CC(O)C1CCCCN(C(=O)OC(C)(C)C)C1. The van der Waals surface area contributed by atoms with E-state index in [1.807, 2.05) is 20.8 Å². The third-order valence-electron chi connectivity index (χ3n) is 3.04. The first-order valence-corrected chi connectivity index (χ1v) is 6.45. The molecule has 1 rings (SSSR count). The van der Waals surface area contributed by atoms with Gasteiger partial charge in [-0.25, -0.2) is 4.79 Å². The third-order valence-corrected chi connectivity index (χ3v) is 3.04. The maximum Gasteiger partial charge on any atom is 0.410 e. The number of hydrogen-bond donors (Lipinski definition) is 1. The van der Waals surface area contributed by atoms with Gasteiger partial charge in [-0.15, -0.1) is 0 Å². The van der Waals surface area contributed by atoms with Crippen molar-refractivity contribution < 1.29 is 14.6 Å². The Bertz CT molecular complexity index is 258. The van der Waals surface area contributed by atoms with Crippen LogP contribution in [0.4, 0.5) is 4.79 Å². The first-order chi connectivity index (χ1) is 7.79. The summed E-state index contributed by atoms with van der Waals surface area (Å²) >= 11 is 0. The van der Waals surface area contributed by atoms with Crippen molar-refractivity contribution in [1.82, 2.24) is 4.90 Å². The number of aliphatic hydroxyl groups excluding tert-OH is 1. The standard InChI is InChI=1S/C13H25NO3/c1-10(15)11-7-5-6-8-14(9-11)12(16)17-13(2,3)4/h10-11,15H,5-9H2,1-4H3. The smallest absolute Gasteiger partial charge is 0.410 e. The number of amides is 1. The van der Waals surface area contributed by atoms with Crippen LogP contribution in [-0.4, -0.2) is 40.9 Å². The number of hydrogen-bond acceptors (Lipinski definition) is 3. The molecular weight excluding hydrogens is 218 g/mol. The zero-order valence-corrected chi connectivity index (χ0v) is 11.4. The molecule has 4 nitrogen and oxygen atoms in total. The van der Waals surface area contributed by atoms with Gasteiger partial charge in [0.05, 0.1) is 6.10 Å². The monoisotopic (exact) mass is 243 g/mol. The normalized spacial score (nSPS) is 24.1. The average molecular weight is 243 g/mol. The van der Waals surface area contributed by atoms with Crippen LogP contribution in [0, 0.1) is 5.92 Å². The molecule has 2 atom stereocenters. The van der Waals surface area contributed by atoms with Gasteiger partial charge in [-0.05, 0) is 40.5 Å². The van der Waals surface area contributed by atoms with E-state index in [2.05, 4.69) is 0 Å². The topological polar surface area (TPSA) is 49.8 Å². The molecule has 1 fully saturated rings. The highest BCUT2D eigenvalue weighted by atomic mass is 16.6. The van der Waals surface area contributed by atoms with E-state index in [1.165, 1.54) is 0 Å². The second-order valence-electron chi connectivity index (χ2n) is 5.92. The molecule has 0 saturated carbocycles. The molecule has 4 heteroatoms. The summed E-state index contributed by atoms with van der Waals surface area (Å²) in [4.78, 5) is 13.7. The van der Waals surface area contributed by atoms with Gasteiger partial charge in [0.25, 0.3) is 0 Å². The zero-order chi connectivity index (χ0) is 13.1. The molecule has 0 aromatic rings. The van der Waals surface area contributed by atoms with Gasteiger partial charge in [0.2, 0.25) is 0 Å². The van der Waals surface area contributed by atoms with E-state index in [-0.39, 0.29) is 18.1 Å². The molecule has 0 bridgehead atoms. The van der Waals surface area contributed by atoms with Crippen molar-refractivity contribution in [3.8, 4) is 0 Å². The minimum Gasteiger partial charge on any atom is -0.444 e. The van der Waals surface area contributed by atoms with Gasteiger partial charge in [-0.2, -0.15) is 0 Å². The summed E-state index contributed by atoms with van der Waals surface area (Å²) in [6.07, 6.45) is 2.41. The molecule has 2 unspecified atom stereocenters. The van der Waals surface area contributed by atoms with Crippen molar-refractivity contribution in [3.63, 3.8) is 0 Å². The fourth-order valence-corrected chi connectivity index (χ4v) is 2.06. The predicted octanol–water partition coefficient (Wildman–Crippen LogP) is 2.40. The number of ether oxygens (including phenoxy) is 1. The van der Waals surface area contributed by atoms with Crippen molar-refractivity contribution >= 4 is 6.09 Å². The molecule has 1 N–H and O–H groups in total. The van der Waals surface area contributed by atoms with Gasteiger partial charge >= 0.3 is 6.09 Å². The lowest BCUT2D eigenvalue weighted by Crippen LogP contribution is -2.40. The van der Waals surface area contributed by atoms with Crippen LogP contribution in [0.5, 0.6) is 0 Å². The Morgan fingerprint density at radius 1 is 1.41 bits per heavy atom. The van der Waals surface area contributed by atoms with Crippen molar-refractivity contribution in [3.05, 3.63) is 0 Å². The Labute approximate surface area is 104 Å². The number of aliphatic hydroxyl groups is 1. The van der Waals surface area contributed by atoms with Crippen LogP contribution in [0.15, 0.2) is 0 Å². The molecule has 17 heavy (non-hydrogen) atoms. The Kier molecular flexibility index (Phi) is 4.80. The Morgan fingerprint density at radius 3 is 2.59 bits per heavy atom. The molecular formula is C13H25NO3. The van der Waals surface area contributed by atoms with Crippen molar-refractivity contribution in [2.75, 3.05) is 13.1 Å². The van der Waals surface area contributed by atoms with Crippen molar-refractivity contribution in [1.29, 1.82) is 0 Å². The molecule has 1 saturated heterocycles. The van der Waals surface area contributed by atoms with Gasteiger partial charge in [-0.3, -0.25) is 0 Å². The highest BCUT2D eigenvalue weighted by Crippen LogP contribution is 2.21. The lowest BCUT2D eigenvalue weighted by molar-refractivity contribution is 0.0181. The summed E-state index contributed by atoms with van der Waals surface area (Å²) < 4.78 is 5.37. The molecule has 1 amide bonds. The Balaban J connectivity index is 2.59. The quantitative estimate of drug-likeness (QED) is 0.769. The van der Waals surface area contributed by atoms with E-state index in [9.17, 15) is 9.90 Å². The maximum absolute atomic E-state index is 12.0. The van der Waals surface area contributed by atoms with Gasteiger partial charge in [-0.1, -0.05) is 6.42 Å². The fraction of sp³-hybridized carbons (Fsp3) is 0.923. The lowest BCUT2D eigenvalue weighted by atomic mass is 9.98. The van der Waals surface area contributed by atoms with Crippen molar-refractivity contribution in [2.45, 2.75) is 58.7 Å². The summed E-state index contributed by atoms with van der Waals surface area (Å²) in [5.74, 6) is 0.171. The van der Waals surface area contributed by atoms with Crippen LogP contribution in [0.2, 0.25) is 0 Å². The molecule has 1 aliphatic heterocycles. The van der Waals surface area contributed by atoms with Gasteiger partial charge in [0.1, 0.15) is 5.60 Å². The zero-order valence-electron chi connectivity index (χ0n) is 11.4. The molecule has 0 spiro atoms. The molecule has 0 aliphatic carbocycles. The van der Waals surface area contributed by atoms with E-state index in [1.54, 1.807) is 11.8 Å². The molecule has 1 aliphatic rings. The summed E-state index contributed by atoms with van der Waals surface area (Å²) in [5, 5.41) is 9.66. The largest absolute Gasteiger partial charge is 0.444 e. The number of carbonyl (C=O) groups excluding carboxylic acids is 1. The predicted molar refractivity (Wildman–Crippen MR) is 66.8 cm³/mol. The molecule has 1 heterocycles. The third kappa shape index (κ3) is 4.94. The van der Waals surface area contributed by atoms with Crippen LogP contribution >= 0.6 is 0 Å². The first-order valence-electron chi connectivity index (χ1n) is 6.45. The Morgan fingerprint density at radius 2 is 2.06 bits per heavy atom. The van der Waals surface area contributed by atoms with E-state index in [0.717, 1.165) is 25.8 Å². The van der Waals surface area contributed by atoms with E-state index in [4.69, 9.17) is 4.74 Å². The summed E-state index contributed by atoms with van der Waals surface area (Å²) in [6.45, 7) is 8.74. The van der Waals surface area contributed by atoms with Crippen LogP contribution in [0.3, 0.4) is 0 Å². The number of rotatable bonds is 1. The average Bonchev–Trinajstić information content (AvgIpc) is 2.39. The number of likely N-dealkylation sites (tertiary alicyclic amines) is 1. The summed E-state index contributed by atoms with van der Waals surface area (Å²) in [7, 11) is 0. The lowest BCUT2D eigenvalue weighted by Gasteiger charge is -2.29. The molecule has 0 radical (unpaired) electrons. The Hall–Kier alpha value is -0.770. The summed E-state index contributed by atoms with van der Waals surface area (Å²) in [5.41, 5.74) is -0.455. The number of carbonyl (C=O) groups is 1. The minimum absolute atomic E-state index is 0.171. The highest BCUT2D eigenvalue weighted by molar-refractivity contribution is 5.68. The highest BCUT2D eigenvalue weighted by Gasteiger charge is 2.27. The van der Waals surface area contributed by atoms with Gasteiger partial charge in [0.15, 0.2) is 0 Å². The molecule has 0 aromatic heterocycles. The van der Waals surface area contributed by atoms with Gasteiger partial charge in [0, 0.05) is 19.0 Å². The van der Waals surface area contributed by atoms with Crippen LogP contribution in [-0.2, 0) is 4.74 Å². The van der Waals surface area contributed by atoms with Crippen LogP contribution in [0.1, 0.15) is 47.0 Å².